The zero-order valence-electron chi connectivity index (χ0n) is 18.4. The molecule has 3 rings (SSSR count). The van der Waals surface area contributed by atoms with Gasteiger partial charge in [-0.2, -0.15) is 0 Å². The molecule has 0 aliphatic heterocycles. The van der Waals surface area contributed by atoms with Crippen LogP contribution in [0.15, 0.2) is 71.1 Å². The molecule has 0 radical (unpaired) electrons. The average molecular weight is 466 g/mol. The van der Waals surface area contributed by atoms with Gasteiger partial charge >= 0.3 is 23.9 Å². The molecule has 34 heavy (non-hydrogen) atoms. The minimum absolute atomic E-state index is 0.00727. The molecule has 0 spiro atoms. The van der Waals surface area contributed by atoms with Crippen LogP contribution in [0.25, 0.3) is 0 Å². The van der Waals surface area contributed by atoms with Gasteiger partial charge in [0, 0.05) is 35.6 Å². The molecule has 0 heterocycles. The Hall–Kier alpha value is -4.60. The third-order valence-electron chi connectivity index (χ3n) is 5.15. The highest BCUT2D eigenvalue weighted by Crippen LogP contribution is 2.33. The van der Waals surface area contributed by atoms with Gasteiger partial charge in [0.15, 0.2) is 0 Å². The molecular weight excluding hydrogens is 444 g/mol. The van der Waals surface area contributed by atoms with Crippen LogP contribution < -0.4 is 10.6 Å². The Morgan fingerprint density at radius 2 is 0.971 bits per heavy atom. The second kappa shape index (κ2) is 10.3. The van der Waals surface area contributed by atoms with Crippen LogP contribution in [0.3, 0.4) is 0 Å². The fraction of sp³-hybridized carbons (Fsp3) is 0.167. The Morgan fingerprint density at radius 1 is 0.647 bits per heavy atom. The van der Waals surface area contributed by atoms with Crippen LogP contribution in [-0.4, -0.2) is 48.3 Å². The molecule has 0 amide bonds. The van der Waals surface area contributed by atoms with Crippen molar-refractivity contribution in [1.82, 2.24) is 0 Å². The van der Waals surface area contributed by atoms with E-state index in [4.69, 9.17) is 19.7 Å². The fourth-order valence-electron chi connectivity index (χ4n) is 3.40. The van der Waals surface area contributed by atoms with Gasteiger partial charge in [0.1, 0.15) is 0 Å². The summed E-state index contributed by atoms with van der Waals surface area (Å²) in [6.45, 7) is 0. The van der Waals surface area contributed by atoms with Crippen molar-refractivity contribution in [2.45, 2.75) is 12.8 Å². The number of hydrogen-bond donors (Lipinski definition) is 4. The van der Waals surface area contributed by atoms with E-state index < -0.39 is 23.9 Å². The molecule has 0 aromatic heterocycles. The van der Waals surface area contributed by atoms with Crippen molar-refractivity contribution >= 4 is 35.3 Å². The normalized spacial score (nSPS) is 13.2. The van der Waals surface area contributed by atoms with Crippen molar-refractivity contribution < 1.29 is 38.9 Å². The number of allylic oxidation sites excluding steroid dienone is 2. The molecule has 10 heteroatoms. The minimum Gasteiger partial charge on any atom is -0.478 e. The number of ether oxygens (including phenoxy) is 2. The van der Waals surface area contributed by atoms with Gasteiger partial charge in [-0.05, 0) is 48.5 Å². The van der Waals surface area contributed by atoms with E-state index in [2.05, 4.69) is 10.6 Å². The zero-order valence-corrected chi connectivity index (χ0v) is 18.4. The van der Waals surface area contributed by atoms with Gasteiger partial charge in [0.2, 0.25) is 0 Å². The molecule has 176 valence electrons. The number of anilines is 2. The summed E-state index contributed by atoms with van der Waals surface area (Å²) in [6, 6.07) is 11.8. The van der Waals surface area contributed by atoms with Crippen molar-refractivity contribution in [2.75, 3.05) is 24.9 Å². The fourth-order valence-corrected chi connectivity index (χ4v) is 3.40. The topological polar surface area (TPSA) is 151 Å². The molecule has 1 aliphatic carbocycles. The molecule has 4 N–H and O–H groups in total. The van der Waals surface area contributed by atoms with Gasteiger partial charge in [-0.15, -0.1) is 0 Å². The lowest BCUT2D eigenvalue weighted by atomic mass is 9.92. The van der Waals surface area contributed by atoms with E-state index in [0.29, 0.717) is 22.8 Å². The Kier molecular flexibility index (Phi) is 7.32. The second-order valence-electron chi connectivity index (χ2n) is 7.27. The first-order chi connectivity index (χ1) is 16.2. The summed E-state index contributed by atoms with van der Waals surface area (Å²) >= 11 is 0. The molecule has 0 saturated heterocycles. The third kappa shape index (κ3) is 5.41. The number of carbonyl (C=O) groups excluding carboxylic acids is 2. The van der Waals surface area contributed by atoms with Crippen molar-refractivity contribution in [2.24, 2.45) is 0 Å². The molecule has 0 saturated carbocycles. The van der Waals surface area contributed by atoms with Crippen molar-refractivity contribution in [3.05, 3.63) is 82.2 Å². The van der Waals surface area contributed by atoms with Crippen LogP contribution in [0.4, 0.5) is 11.4 Å². The Bertz CT molecular complexity index is 1100. The van der Waals surface area contributed by atoms with E-state index in [0.717, 1.165) is 0 Å². The molecule has 0 fully saturated rings. The zero-order chi connectivity index (χ0) is 24.8. The summed E-state index contributed by atoms with van der Waals surface area (Å²) in [5.41, 5.74) is 2.59. The molecule has 10 nitrogen and oxygen atoms in total. The molecule has 0 atom stereocenters. The van der Waals surface area contributed by atoms with Gasteiger partial charge in [-0.25, -0.2) is 19.2 Å². The SMILES string of the molecule is COC(=O)C1=C(Nc2ccc(C(=O)O)cc2)CC(C(=O)OC)=C(Nc2ccc(C(=O)O)cc2)C1. The highest BCUT2D eigenvalue weighted by atomic mass is 16.5. The predicted octanol–water partition coefficient (Wildman–Crippen LogP) is 3.26. The first kappa shape index (κ1) is 24.1. The summed E-state index contributed by atoms with van der Waals surface area (Å²) in [7, 11) is 2.48. The van der Waals surface area contributed by atoms with Crippen LogP contribution in [0, 0.1) is 0 Å². The lowest BCUT2D eigenvalue weighted by Gasteiger charge is -2.25. The lowest BCUT2D eigenvalue weighted by Crippen LogP contribution is -2.24. The summed E-state index contributed by atoms with van der Waals surface area (Å²) in [5.74, 6) is -3.34. The van der Waals surface area contributed by atoms with Gasteiger partial charge in [-0.1, -0.05) is 0 Å². The number of nitrogens with one attached hydrogen (secondary N) is 2. The summed E-state index contributed by atoms with van der Waals surface area (Å²) in [6.07, 6.45) is 0.0145. The molecule has 2 aromatic rings. The van der Waals surface area contributed by atoms with E-state index in [1.54, 1.807) is 24.3 Å². The molecule has 1 aliphatic rings. The average Bonchev–Trinajstić information content (AvgIpc) is 2.84. The molecule has 2 aromatic carbocycles. The maximum atomic E-state index is 12.5. The van der Waals surface area contributed by atoms with E-state index >= 15 is 0 Å². The summed E-state index contributed by atoms with van der Waals surface area (Å²) in [4.78, 5) is 47.3. The number of carboxylic acid groups (broad SMARTS) is 2. The molecule has 0 unspecified atom stereocenters. The number of benzene rings is 2. The Labute approximate surface area is 194 Å². The first-order valence-corrected chi connectivity index (χ1v) is 10.0. The Morgan fingerprint density at radius 3 is 1.24 bits per heavy atom. The predicted molar refractivity (Wildman–Crippen MR) is 121 cm³/mol. The highest BCUT2D eigenvalue weighted by molar-refractivity contribution is 5.96. The van der Waals surface area contributed by atoms with Crippen molar-refractivity contribution in [3.63, 3.8) is 0 Å². The minimum atomic E-state index is -1.07. The maximum absolute atomic E-state index is 12.5. The van der Waals surface area contributed by atoms with E-state index in [-0.39, 0.29) is 35.1 Å². The van der Waals surface area contributed by atoms with E-state index in [9.17, 15) is 19.2 Å². The van der Waals surface area contributed by atoms with Gasteiger partial charge in [-0.3, -0.25) is 0 Å². The van der Waals surface area contributed by atoms with Crippen LogP contribution in [0.5, 0.6) is 0 Å². The van der Waals surface area contributed by atoms with Gasteiger partial charge in [0.25, 0.3) is 0 Å². The largest absolute Gasteiger partial charge is 0.478 e. The smallest absolute Gasteiger partial charge is 0.335 e. The van der Waals surface area contributed by atoms with Crippen molar-refractivity contribution in [3.8, 4) is 0 Å². The van der Waals surface area contributed by atoms with Crippen LogP contribution in [-0.2, 0) is 19.1 Å². The van der Waals surface area contributed by atoms with Crippen LogP contribution >= 0.6 is 0 Å². The second-order valence-corrected chi connectivity index (χ2v) is 7.27. The summed E-state index contributed by atoms with van der Waals surface area (Å²) < 4.78 is 9.85. The van der Waals surface area contributed by atoms with Gasteiger partial charge < -0.3 is 30.3 Å². The highest BCUT2D eigenvalue weighted by Gasteiger charge is 2.30. The number of esters is 2. The Balaban J connectivity index is 1.94. The quantitative estimate of drug-likeness (QED) is 0.427. The lowest BCUT2D eigenvalue weighted by molar-refractivity contribution is -0.137. The number of rotatable bonds is 8. The number of hydrogen-bond acceptors (Lipinski definition) is 8. The first-order valence-electron chi connectivity index (χ1n) is 10.0. The van der Waals surface area contributed by atoms with Crippen molar-refractivity contribution in [1.29, 1.82) is 0 Å². The van der Waals surface area contributed by atoms with E-state index in [1.165, 1.54) is 38.5 Å². The maximum Gasteiger partial charge on any atom is 0.335 e. The number of carboxylic acids is 2. The summed E-state index contributed by atoms with van der Waals surface area (Å²) in [5, 5.41) is 24.3. The van der Waals surface area contributed by atoms with Crippen LogP contribution in [0.1, 0.15) is 33.6 Å². The van der Waals surface area contributed by atoms with Crippen LogP contribution in [0.2, 0.25) is 0 Å². The monoisotopic (exact) mass is 466 g/mol. The molecular formula is C24H22N2O8. The number of methoxy groups -OCH3 is 2. The van der Waals surface area contributed by atoms with E-state index in [1.807, 2.05) is 0 Å². The third-order valence-corrected chi connectivity index (χ3v) is 5.15. The molecule has 0 bridgehead atoms. The number of carbonyl (C=O) groups is 4. The standard InChI is InChI=1S/C24H22N2O8/c1-33-23(31)17-11-20(26-16-9-5-14(6-10-16)22(29)30)18(24(32)34-2)12-19(17)25-15-7-3-13(4-8-15)21(27)28/h3-10,25-26H,11-12H2,1-2H3,(H,27,28)(H,29,30). The van der Waals surface area contributed by atoms with Gasteiger partial charge in [0.05, 0.1) is 36.5 Å². The number of aromatic carboxylic acids is 2.